The van der Waals surface area contributed by atoms with Gasteiger partial charge in [0, 0.05) is 10.9 Å². The minimum atomic E-state index is 0.633. The number of benzene rings is 2. The molecule has 3 heteroatoms. The third kappa shape index (κ3) is 4.92. The summed E-state index contributed by atoms with van der Waals surface area (Å²) in [7, 11) is 0. The summed E-state index contributed by atoms with van der Waals surface area (Å²) in [5.74, 6) is 0. The van der Waals surface area contributed by atoms with Crippen LogP contribution in [-0.4, -0.2) is 11.3 Å². The molecular weight excluding hydrogens is 342 g/mol. The number of aromatic nitrogens is 1. The summed E-state index contributed by atoms with van der Waals surface area (Å²) < 4.78 is 0. The molecule has 1 heterocycles. The van der Waals surface area contributed by atoms with Crippen molar-refractivity contribution in [1.82, 2.24) is 4.98 Å². The van der Waals surface area contributed by atoms with E-state index in [4.69, 9.17) is 11.6 Å². The molecule has 0 bridgehead atoms. The van der Waals surface area contributed by atoms with Gasteiger partial charge in [-0.1, -0.05) is 73.3 Å². The molecule has 1 aromatic heterocycles. The second-order valence-electron chi connectivity index (χ2n) is 6.72. The van der Waals surface area contributed by atoms with Crippen molar-refractivity contribution < 1.29 is 4.79 Å². The van der Waals surface area contributed by atoms with Crippen molar-refractivity contribution in [2.75, 3.05) is 0 Å². The van der Waals surface area contributed by atoms with Crippen LogP contribution in [0, 0.1) is 0 Å². The normalized spacial score (nSPS) is 11.0. The number of halogens is 1. The summed E-state index contributed by atoms with van der Waals surface area (Å²) >= 11 is 6.32. The van der Waals surface area contributed by atoms with Gasteiger partial charge in [-0.3, -0.25) is 4.79 Å². The Morgan fingerprint density at radius 1 is 0.808 bits per heavy atom. The zero-order valence-corrected chi connectivity index (χ0v) is 15.7. The molecule has 0 aliphatic carbocycles. The van der Waals surface area contributed by atoms with Crippen molar-refractivity contribution in [3.05, 3.63) is 76.4 Å². The van der Waals surface area contributed by atoms with Crippen LogP contribution in [-0.2, 0) is 12.8 Å². The molecule has 0 atom stereocenters. The van der Waals surface area contributed by atoms with Crippen LogP contribution < -0.4 is 0 Å². The molecule has 2 nitrogen and oxygen atoms in total. The van der Waals surface area contributed by atoms with E-state index in [1.807, 2.05) is 36.4 Å². The van der Waals surface area contributed by atoms with E-state index in [1.54, 1.807) is 0 Å². The molecular formula is C23H24ClNO. The second-order valence-corrected chi connectivity index (χ2v) is 7.07. The number of carbonyl (C=O) groups is 1. The monoisotopic (exact) mass is 365 g/mol. The van der Waals surface area contributed by atoms with Crippen molar-refractivity contribution in [3.63, 3.8) is 0 Å². The average Bonchev–Trinajstić information content (AvgIpc) is 2.67. The van der Waals surface area contributed by atoms with Gasteiger partial charge in [-0.05, 0) is 48.9 Å². The second kappa shape index (κ2) is 9.49. The Morgan fingerprint density at radius 3 is 2.27 bits per heavy atom. The average molecular weight is 366 g/mol. The van der Waals surface area contributed by atoms with E-state index in [9.17, 15) is 4.79 Å². The first kappa shape index (κ1) is 18.6. The lowest BCUT2D eigenvalue weighted by Crippen LogP contribution is -1.93. The van der Waals surface area contributed by atoms with Gasteiger partial charge < -0.3 is 0 Å². The Hall–Kier alpha value is -2.19. The van der Waals surface area contributed by atoms with E-state index in [2.05, 4.69) is 23.2 Å². The number of hydrogen-bond donors (Lipinski definition) is 0. The van der Waals surface area contributed by atoms with Gasteiger partial charge in [0.2, 0.25) is 0 Å². The molecule has 134 valence electrons. The van der Waals surface area contributed by atoms with Crippen molar-refractivity contribution in [2.45, 2.75) is 44.9 Å². The molecule has 26 heavy (non-hydrogen) atoms. The lowest BCUT2D eigenvalue weighted by atomic mass is 10.0. The lowest BCUT2D eigenvalue weighted by Gasteiger charge is -2.07. The van der Waals surface area contributed by atoms with E-state index >= 15 is 0 Å². The molecule has 0 aliphatic rings. The number of fused-ring (bicyclic) bond motifs is 1. The molecule has 0 N–H and O–H groups in total. The number of rotatable bonds is 9. The fraction of sp³-hybridized carbons (Fsp3) is 0.304. The summed E-state index contributed by atoms with van der Waals surface area (Å²) in [5, 5.41) is 1.79. The molecule has 0 saturated carbocycles. The number of carbonyl (C=O) groups excluding carboxylic acids is 1. The molecule has 3 rings (SSSR count). The maximum atomic E-state index is 11.0. The van der Waals surface area contributed by atoms with Crippen molar-refractivity contribution in [2.24, 2.45) is 0 Å². The molecule has 0 radical (unpaired) electrons. The zero-order valence-electron chi connectivity index (χ0n) is 15.0. The number of pyridine rings is 1. The van der Waals surface area contributed by atoms with Gasteiger partial charge in [0.05, 0.1) is 5.52 Å². The third-order valence-corrected chi connectivity index (χ3v) is 5.15. The van der Waals surface area contributed by atoms with E-state index < -0.39 is 0 Å². The maximum absolute atomic E-state index is 11.0. The van der Waals surface area contributed by atoms with Crippen LogP contribution in [0.5, 0.6) is 0 Å². The summed E-state index contributed by atoms with van der Waals surface area (Å²) in [5.41, 5.74) is 4.09. The number of nitrogens with zero attached hydrogens (tertiary/aromatic N) is 1. The Balaban J connectivity index is 1.39. The lowest BCUT2D eigenvalue weighted by molar-refractivity contribution is 0.112. The van der Waals surface area contributed by atoms with Gasteiger partial charge >= 0.3 is 0 Å². The van der Waals surface area contributed by atoms with Crippen LogP contribution in [0.4, 0.5) is 0 Å². The fourth-order valence-corrected chi connectivity index (χ4v) is 3.59. The van der Waals surface area contributed by atoms with E-state index in [0.29, 0.717) is 5.15 Å². The first-order valence-electron chi connectivity index (χ1n) is 9.35. The van der Waals surface area contributed by atoms with Crippen LogP contribution >= 0.6 is 11.6 Å². The highest BCUT2D eigenvalue weighted by Crippen LogP contribution is 2.22. The van der Waals surface area contributed by atoms with Crippen molar-refractivity contribution in [3.8, 4) is 0 Å². The first-order valence-corrected chi connectivity index (χ1v) is 9.73. The van der Waals surface area contributed by atoms with Crippen LogP contribution in [0.25, 0.3) is 10.9 Å². The van der Waals surface area contributed by atoms with E-state index in [1.165, 1.54) is 19.3 Å². The SMILES string of the molecule is O=Cc1ccccc1CCCCCCCc1cc2ccccc2nc1Cl. The highest BCUT2D eigenvalue weighted by molar-refractivity contribution is 6.30. The molecule has 0 fully saturated rings. The summed E-state index contributed by atoms with van der Waals surface area (Å²) in [6.45, 7) is 0. The van der Waals surface area contributed by atoms with Crippen LogP contribution in [0.15, 0.2) is 54.6 Å². The maximum Gasteiger partial charge on any atom is 0.150 e. The fourth-order valence-electron chi connectivity index (χ4n) is 3.35. The predicted octanol–water partition coefficient (Wildman–Crippen LogP) is 6.44. The largest absolute Gasteiger partial charge is 0.298 e. The van der Waals surface area contributed by atoms with Gasteiger partial charge in [-0.2, -0.15) is 0 Å². The zero-order chi connectivity index (χ0) is 18.2. The number of unbranched alkanes of at least 4 members (excludes halogenated alkanes) is 4. The van der Waals surface area contributed by atoms with Gasteiger partial charge in [0.1, 0.15) is 11.4 Å². The molecule has 2 aromatic carbocycles. The summed E-state index contributed by atoms with van der Waals surface area (Å²) in [4.78, 5) is 15.5. The van der Waals surface area contributed by atoms with E-state index in [-0.39, 0.29) is 0 Å². The Morgan fingerprint density at radius 2 is 1.46 bits per heavy atom. The molecule has 0 amide bonds. The summed E-state index contributed by atoms with van der Waals surface area (Å²) in [6, 6.07) is 18.1. The standard InChI is InChI=1S/C23H24ClNO/c24-23-20(16-19-12-8-9-15-22(19)25-23)13-5-3-1-2-4-10-18-11-6-7-14-21(18)17-26/h6-9,11-12,14-17H,1-5,10,13H2. The Bertz CT molecular complexity index is 875. The Kier molecular flexibility index (Phi) is 6.79. The third-order valence-electron chi connectivity index (χ3n) is 4.82. The van der Waals surface area contributed by atoms with Gasteiger partial charge in [0.15, 0.2) is 0 Å². The van der Waals surface area contributed by atoms with Crippen molar-refractivity contribution >= 4 is 28.8 Å². The summed E-state index contributed by atoms with van der Waals surface area (Å²) in [6.07, 6.45) is 8.77. The van der Waals surface area contributed by atoms with Gasteiger partial charge in [-0.25, -0.2) is 4.98 Å². The minimum Gasteiger partial charge on any atom is -0.298 e. The topological polar surface area (TPSA) is 30.0 Å². The Labute approximate surface area is 160 Å². The van der Waals surface area contributed by atoms with Crippen LogP contribution in [0.3, 0.4) is 0 Å². The van der Waals surface area contributed by atoms with E-state index in [0.717, 1.165) is 59.6 Å². The smallest absolute Gasteiger partial charge is 0.150 e. The van der Waals surface area contributed by atoms with Crippen LogP contribution in [0.1, 0.15) is 53.6 Å². The molecule has 3 aromatic rings. The quantitative estimate of drug-likeness (QED) is 0.248. The molecule has 0 aliphatic heterocycles. The van der Waals surface area contributed by atoms with Crippen LogP contribution in [0.2, 0.25) is 5.15 Å². The number of aldehydes is 1. The predicted molar refractivity (Wildman–Crippen MR) is 109 cm³/mol. The molecule has 0 saturated heterocycles. The minimum absolute atomic E-state index is 0.633. The van der Waals surface area contributed by atoms with Gasteiger partial charge in [0.25, 0.3) is 0 Å². The highest BCUT2D eigenvalue weighted by atomic mass is 35.5. The molecule has 0 unspecified atom stereocenters. The highest BCUT2D eigenvalue weighted by Gasteiger charge is 2.05. The first-order chi connectivity index (χ1) is 12.8. The number of para-hydroxylation sites is 1. The number of hydrogen-bond acceptors (Lipinski definition) is 2. The number of aryl methyl sites for hydroxylation is 2. The van der Waals surface area contributed by atoms with Gasteiger partial charge in [-0.15, -0.1) is 0 Å². The molecule has 0 spiro atoms. The van der Waals surface area contributed by atoms with Crippen molar-refractivity contribution in [1.29, 1.82) is 0 Å².